The van der Waals surface area contributed by atoms with Crippen LogP contribution in [0.2, 0.25) is 0 Å². The van der Waals surface area contributed by atoms with Gasteiger partial charge in [0.1, 0.15) is 0 Å². The minimum atomic E-state index is -0.186. The molecule has 2 N–H and O–H groups in total. The summed E-state index contributed by atoms with van der Waals surface area (Å²) in [6, 6.07) is 0.924. The number of hydrogen-bond donors (Lipinski definition) is 1. The van der Waals surface area contributed by atoms with E-state index in [0.29, 0.717) is 17.9 Å². The highest BCUT2D eigenvalue weighted by atomic mass is 16.4. The van der Waals surface area contributed by atoms with Crippen molar-refractivity contribution in [3.8, 4) is 0 Å². The van der Waals surface area contributed by atoms with Gasteiger partial charge in [-0.2, -0.15) is 0 Å². The summed E-state index contributed by atoms with van der Waals surface area (Å²) >= 11 is 0. The van der Waals surface area contributed by atoms with Gasteiger partial charge >= 0.3 is 6.01 Å². The largest absolute Gasteiger partial charge is 0.406 e. The summed E-state index contributed by atoms with van der Waals surface area (Å²) in [5.74, 6) is 0.513. The van der Waals surface area contributed by atoms with Gasteiger partial charge in [0.25, 0.3) is 0 Å². The van der Waals surface area contributed by atoms with Gasteiger partial charge in [0.2, 0.25) is 5.89 Å². The van der Waals surface area contributed by atoms with Crippen LogP contribution in [0.15, 0.2) is 4.42 Å². The Labute approximate surface area is 83.3 Å². The molecule has 14 heavy (non-hydrogen) atoms. The van der Waals surface area contributed by atoms with Crippen LogP contribution in [0.5, 0.6) is 0 Å². The molecule has 0 bridgehead atoms. The van der Waals surface area contributed by atoms with E-state index in [1.165, 1.54) is 12.8 Å². The topological polar surface area (TPSA) is 68.2 Å². The van der Waals surface area contributed by atoms with E-state index in [9.17, 15) is 0 Å². The first-order chi connectivity index (χ1) is 6.68. The fraction of sp³-hybridized carbons (Fsp3) is 0.778. The molecule has 0 saturated carbocycles. The molecule has 0 aromatic carbocycles. The van der Waals surface area contributed by atoms with Gasteiger partial charge in [-0.25, -0.2) is 0 Å². The SMILES string of the molecule is CC(N)c1nnc(N2CCCC2C)o1. The Kier molecular flexibility index (Phi) is 2.41. The number of hydrogen-bond acceptors (Lipinski definition) is 5. The lowest BCUT2D eigenvalue weighted by molar-refractivity contribution is 0.454. The average Bonchev–Trinajstić information content (AvgIpc) is 2.71. The standard InChI is InChI=1S/C9H16N4O/c1-6-4-3-5-13(6)9-12-11-8(14-9)7(2)10/h6-7H,3-5,10H2,1-2H3. The van der Waals surface area contributed by atoms with Gasteiger partial charge in [-0.05, 0) is 26.7 Å². The zero-order chi connectivity index (χ0) is 10.1. The fourth-order valence-corrected chi connectivity index (χ4v) is 1.74. The monoisotopic (exact) mass is 196 g/mol. The quantitative estimate of drug-likeness (QED) is 0.766. The van der Waals surface area contributed by atoms with E-state index in [1.807, 2.05) is 6.92 Å². The summed E-state index contributed by atoms with van der Waals surface area (Å²) in [6.45, 7) is 5.01. The van der Waals surface area contributed by atoms with Crippen LogP contribution >= 0.6 is 0 Å². The molecular formula is C9H16N4O. The van der Waals surface area contributed by atoms with E-state index in [4.69, 9.17) is 10.2 Å². The molecule has 2 rings (SSSR count). The molecule has 78 valence electrons. The molecule has 2 unspecified atom stereocenters. The lowest BCUT2D eigenvalue weighted by atomic mass is 10.2. The van der Waals surface area contributed by atoms with Crippen molar-refractivity contribution in [2.45, 2.75) is 38.8 Å². The summed E-state index contributed by atoms with van der Waals surface area (Å²) in [5, 5.41) is 7.91. The van der Waals surface area contributed by atoms with E-state index in [0.717, 1.165) is 6.54 Å². The third kappa shape index (κ3) is 1.59. The van der Waals surface area contributed by atoms with Gasteiger partial charge in [0, 0.05) is 12.6 Å². The van der Waals surface area contributed by atoms with Crippen molar-refractivity contribution >= 4 is 6.01 Å². The Morgan fingerprint density at radius 1 is 1.57 bits per heavy atom. The number of anilines is 1. The second-order valence-electron chi connectivity index (χ2n) is 3.90. The average molecular weight is 196 g/mol. The molecule has 1 aliphatic rings. The number of rotatable bonds is 2. The van der Waals surface area contributed by atoms with Crippen LogP contribution in [0.4, 0.5) is 6.01 Å². The van der Waals surface area contributed by atoms with E-state index < -0.39 is 0 Å². The molecule has 1 fully saturated rings. The number of nitrogens with zero attached hydrogens (tertiary/aromatic N) is 3. The molecule has 1 aromatic heterocycles. The lowest BCUT2D eigenvalue weighted by Gasteiger charge is -2.17. The van der Waals surface area contributed by atoms with Crippen molar-refractivity contribution in [3.63, 3.8) is 0 Å². The highest BCUT2D eigenvalue weighted by Crippen LogP contribution is 2.24. The molecule has 2 atom stereocenters. The summed E-state index contributed by atoms with van der Waals surface area (Å²) in [5.41, 5.74) is 5.65. The summed E-state index contributed by atoms with van der Waals surface area (Å²) in [6.07, 6.45) is 2.38. The Balaban J connectivity index is 2.16. The summed E-state index contributed by atoms with van der Waals surface area (Å²) in [4.78, 5) is 2.14. The molecule has 5 nitrogen and oxygen atoms in total. The van der Waals surface area contributed by atoms with Crippen LogP contribution in [-0.2, 0) is 0 Å². The minimum absolute atomic E-state index is 0.186. The van der Waals surface area contributed by atoms with Gasteiger partial charge in [0.05, 0.1) is 6.04 Å². The summed E-state index contributed by atoms with van der Waals surface area (Å²) in [7, 11) is 0. The van der Waals surface area contributed by atoms with Crippen molar-refractivity contribution in [2.24, 2.45) is 5.73 Å². The Morgan fingerprint density at radius 3 is 2.86 bits per heavy atom. The van der Waals surface area contributed by atoms with Crippen molar-refractivity contribution in [3.05, 3.63) is 5.89 Å². The Morgan fingerprint density at radius 2 is 2.36 bits per heavy atom. The predicted molar refractivity (Wildman–Crippen MR) is 52.9 cm³/mol. The molecule has 0 amide bonds. The van der Waals surface area contributed by atoms with Gasteiger partial charge in [0.15, 0.2) is 0 Å². The third-order valence-electron chi connectivity index (χ3n) is 2.62. The first-order valence-electron chi connectivity index (χ1n) is 5.04. The third-order valence-corrected chi connectivity index (χ3v) is 2.62. The van der Waals surface area contributed by atoms with Gasteiger partial charge < -0.3 is 15.1 Å². The van der Waals surface area contributed by atoms with Crippen LogP contribution in [-0.4, -0.2) is 22.8 Å². The normalized spacial score (nSPS) is 24.2. The molecule has 1 saturated heterocycles. The van der Waals surface area contributed by atoms with Crippen LogP contribution in [0, 0.1) is 0 Å². The Hall–Kier alpha value is -1.10. The van der Waals surface area contributed by atoms with Crippen molar-refractivity contribution in [2.75, 3.05) is 11.4 Å². The van der Waals surface area contributed by atoms with Gasteiger partial charge in [-0.1, -0.05) is 5.10 Å². The highest BCUT2D eigenvalue weighted by molar-refractivity contribution is 5.28. The maximum Gasteiger partial charge on any atom is 0.318 e. The molecule has 5 heteroatoms. The van der Waals surface area contributed by atoms with Crippen LogP contribution < -0.4 is 10.6 Å². The smallest absolute Gasteiger partial charge is 0.318 e. The molecule has 1 aromatic rings. The first kappa shape index (κ1) is 9.45. The van der Waals surface area contributed by atoms with E-state index in [2.05, 4.69) is 22.0 Å². The molecule has 0 radical (unpaired) electrons. The fourth-order valence-electron chi connectivity index (χ4n) is 1.74. The zero-order valence-electron chi connectivity index (χ0n) is 8.60. The first-order valence-corrected chi connectivity index (χ1v) is 5.04. The molecule has 0 spiro atoms. The highest BCUT2D eigenvalue weighted by Gasteiger charge is 2.25. The lowest BCUT2D eigenvalue weighted by Crippen LogP contribution is -2.26. The maximum absolute atomic E-state index is 5.65. The minimum Gasteiger partial charge on any atom is -0.406 e. The van der Waals surface area contributed by atoms with E-state index in [-0.39, 0.29) is 6.04 Å². The van der Waals surface area contributed by atoms with Crippen molar-refractivity contribution in [1.29, 1.82) is 0 Å². The second kappa shape index (κ2) is 3.57. The van der Waals surface area contributed by atoms with Crippen LogP contribution in [0.1, 0.15) is 38.6 Å². The predicted octanol–water partition coefficient (Wildman–Crippen LogP) is 1.08. The van der Waals surface area contributed by atoms with Crippen LogP contribution in [0.25, 0.3) is 0 Å². The van der Waals surface area contributed by atoms with E-state index >= 15 is 0 Å². The van der Waals surface area contributed by atoms with Gasteiger partial charge in [-0.3, -0.25) is 0 Å². The molecule has 0 aliphatic carbocycles. The number of aromatic nitrogens is 2. The maximum atomic E-state index is 5.65. The van der Waals surface area contributed by atoms with Gasteiger partial charge in [-0.15, -0.1) is 5.10 Å². The molecular weight excluding hydrogens is 180 g/mol. The zero-order valence-corrected chi connectivity index (χ0v) is 8.60. The molecule has 2 heterocycles. The number of nitrogens with two attached hydrogens (primary N) is 1. The Bertz CT molecular complexity index is 310. The van der Waals surface area contributed by atoms with Crippen molar-refractivity contribution in [1.82, 2.24) is 10.2 Å². The summed E-state index contributed by atoms with van der Waals surface area (Å²) < 4.78 is 5.48. The van der Waals surface area contributed by atoms with Crippen LogP contribution in [0.3, 0.4) is 0 Å². The molecule has 1 aliphatic heterocycles. The van der Waals surface area contributed by atoms with Crippen molar-refractivity contribution < 1.29 is 4.42 Å². The second-order valence-corrected chi connectivity index (χ2v) is 3.90. The van der Waals surface area contributed by atoms with E-state index in [1.54, 1.807) is 0 Å².